The van der Waals surface area contributed by atoms with Crippen LogP contribution in [0, 0.1) is 0 Å². The largest absolute Gasteiger partial charge is 0.467 e. The number of esters is 1. The number of nitrogens with one attached hydrogen (secondary N) is 4. The number of carbonyl (C=O) groups excluding carboxylic acids is 2. The third-order valence-corrected chi connectivity index (χ3v) is 6.00. The van der Waals surface area contributed by atoms with Gasteiger partial charge in [0.25, 0.3) is 0 Å². The predicted molar refractivity (Wildman–Crippen MR) is 137 cm³/mol. The van der Waals surface area contributed by atoms with Gasteiger partial charge in [0.05, 0.1) is 19.0 Å². The first-order valence-electron chi connectivity index (χ1n) is 12.8. The van der Waals surface area contributed by atoms with Crippen LogP contribution in [0.25, 0.3) is 0 Å². The SMILES string of the molecule is COC(=O)[C@H](Cc1ccccc1)NC(=O)Cn1cc(CN2CCCNCCNCCCNCC2)nn1.[Zn]. The second kappa shape index (κ2) is 18.1. The Morgan fingerprint density at radius 2 is 1.70 bits per heavy atom. The first-order chi connectivity index (χ1) is 17.6. The molecule has 0 bridgehead atoms. The standard InChI is InChI=1S/C25H40N8O3.Zn/c1-36-25(35)23(17-21-7-3-2-4-8-21)29-24(34)20-33-19-22(30-31-33)18-32-15-6-11-27-13-12-26-9-5-10-28-14-16-32;/h2-4,7-8,19,23,26-28H,5-6,9-18,20H2,1H3,(H,29,34);/t23-;/m0./s1. The van der Waals surface area contributed by atoms with Crippen LogP contribution in [0.4, 0.5) is 0 Å². The zero-order valence-electron chi connectivity index (χ0n) is 22.0. The summed E-state index contributed by atoms with van der Waals surface area (Å²) in [5.41, 5.74) is 1.75. The van der Waals surface area contributed by atoms with Crippen molar-refractivity contribution >= 4 is 11.9 Å². The molecule has 1 aromatic heterocycles. The van der Waals surface area contributed by atoms with E-state index in [1.54, 1.807) is 6.20 Å². The summed E-state index contributed by atoms with van der Waals surface area (Å²) in [6.07, 6.45) is 4.31. The summed E-state index contributed by atoms with van der Waals surface area (Å²) in [7, 11) is 1.32. The zero-order valence-corrected chi connectivity index (χ0v) is 24.9. The van der Waals surface area contributed by atoms with Gasteiger partial charge >= 0.3 is 5.97 Å². The van der Waals surface area contributed by atoms with Crippen LogP contribution in [0.1, 0.15) is 24.1 Å². The van der Waals surface area contributed by atoms with Crippen molar-refractivity contribution in [1.82, 2.24) is 41.2 Å². The van der Waals surface area contributed by atoms with Crippen LogP contribution in [0.15, 0.2) is 36.5 Å². The summed E-state index contributed by atoms with van der Waals surface area (Å²) >= 11 is 0. The summed E-state index contributed by atoms with van der Waals surface area (Å²) in [5.74, 6) is -0.798. The van der Waals surface area contributed by atoms with E-state index in [0.29, 0.717) is 13.0 Å². The molecule has 0 spiro atoms. The van der Waals surface area contributed by atoms with Gasteiger partial charge in [0.1, 0.15) is 12.6 Å². The second-order valence-corrected chi connectivity index (χ2v) is 8.97. The van der Waals surface area contributed by atoms with Crippen LogP contribution in [0.2, 0.25) is 0 Å². The number of hydrogen-bond donors (Lipinski definition) is 4. The van der Waals surface area contributed by atoms with E-state index >= 15 is 0 Å². The maximum atomic E-state index is 12.7. The molecule has 1 amide bonds. The molecule has 2 heterocycles. The van der Waals surface area contributed by atoms with Gasteiger partial charge in [-0.3, -0.25) is 9.69 Å². The fourth-order valence-corrected chi connectivity index (χ4v) is 4.11. The molecule has 4 N–H and O–H groups in total. The summed E-state index contributed by atoms with van der Waals surface area (Å²) in [6, 6.07) is 8.76. The molecule has 1 fully saturated rings. The van der Waals surface area contributed by atoms with Gasteiger partial charge in [-0.1, -0.05) is 35.5 Å². The number of nitrogens with zero attached hydrogens (tertiary/aromatic N) is 4. The molecule has 1 aromatic carbocycles. The van der Waals surface area contributed by atoms with Crippen molar-refractivity contribution in [1.29, 1.82) is 0 Å². The van der Waals surface area contributed by atoms with E-state index in [2.05, 4.69) is 36.5 Å². The van der Waals surface area contributed by atoms with Crippen molar-refractivity contribution in [3.05, 3.63) is 47.8 Å². The average molecular weight is 566 g/mol. The minimum absolute atomic E-state index is 0. The van der Waals surface area contributed by atoms with Gasteiger partial charge in [-0.05, 0) is 44.6 Å². The maximum absolute atomic E-state index is 12.7. The molecule has 1 aliphatic rings. The van der Waals surface area contributed by atoms with E-state index in [9.17, 15) is 9.59 Å². The number of amides is 1. The predicted octanol–water partition coefficient (Wildman–Crippen LogP) is -0.459. The summed E-state index contributed by atoms with van der Waals surface area (Å²) in [6.45, 7) is 8.41. The Hall–Kier alpha value is -2.24. The Bertz CT molecular complexity index is 900. The number of ether oxygens (including phenoxy) is 1. The molecular formula is C25H40N8O3Zn. The van der Waals surface area contributed by atoms with E-state index in [-0.39, 0.29) is 31.9 Å². The number of carbonyl (C=O) groups is 2. The van der Waals surface area contributed by atoms with E-state index in [1.165, 1.54) is 11.8 Å². The van der Waals surface area contributed by atoms with Gasteiger partial charge in [-0.15, -0.1) is 5.10 Å². The van der Waals surface area contributed by atoms with Gasteiger partial charge in [-0.2, -0.15) is 0 Å². The van der Waals surface area contributed by atoms with Crippen LogP contribution >= 0.6 is 0 Å². The molecule has 0 saturated carbocycles. The van der Waals surface area contributed by atoms with Gasteiger partial charge in [0.2, 0.25) is 5.91 Å². The fraction of sp³-hybridized carbons (Fsp3) is 0.600. The van der Waals surface area contributed by atoms with E-state index in [0.717, 1.165) is 76.5 Å². The Labute approximate surface area is 232 Å². The van der Waals surface area contributed by atoms with Gasteiger partial charge < -0.3 is 26.0 Å². The smallest absolute Gasteiger partial charge is 0.328 e. The quantitative estimate of drug-likeness (QED) is 0.248. The molecule has 1 saturated heterocycles. The second-order valence-electron chi connectivity index (χ2n) is 8.97. The number of rotatable bonds is 8. The minimum Gasteiger partial charge on any atom is -0.467 e. The number of aromatic nitrogens is 3. The summed E-state index contributed by atoms with van der Waals surface area (Å²) < 4.78 is 6.39. The van der Waals surface area contributed by atoms with Crippen LogP contribution in [0.5, 0.6) is 0 Å². The van der Waals surface area contributed by atoms with Crippen molar-refractivity contribution in [2.75, 3.05) is 59.5 Å². The molecule has 0 aliphatic carbocycles. The molecular weight excluding hydrogens is 526 g/mol. The Balaban J connectivity index is 0.00000481. The Morgan fingerprint density at radius 3 is 2.43 bits per heavy atom. The number of methoxy groups -OCH3 is 1. The van der Waals surface area contributed by atoms with Crippen molar-refractivity contribution in [3.8, 4) is 0 Å². The van der Waals surface area contributed by atoms with E-state index < -0.39 is 12.0 Å². The summed E-state index contributed by atoms with van der Waals surface area (Å²) in [4.78, 5) is 27.2. The molecule has 0 radical (unpaired) electrons. The number of benzene rings is 1. The molecule has 11 nitrogen and oxygen atoms in total. The van der Waals surface area contributed by atoms with Crippen molar-refractivity contribution < 1.29 is 33.8 Å². The minimum atomic E-state index is -0.763. The van der Waals surface area contributed by atoms with Crippen LogP contribution < -0.4 is 21.3 Å². The molecule has 12 heteroatoms. The van der Waals surface area contributed by atoms with Crippen molar-refractivity contribution in [2.45, 2.75) is 38.4 Å². The maximum Gasteiger partial charge on any atom is 0.328 e. The van der Waals surface area contributed by atoms with Crippen LogP contribution in [-0.2, 0) is 53.3 Å². The molecule has 200 valence electrons. The molecule has 1 atom stereocenters. The average Bonchev–Trinajstić information content (AvgIpc) is 3.32. The van der Waals surface area contributed by atoms with E-state index in [4.69, 9.17) is 4.74 Å². The normalized spacial score (nSPS) is 17.1. The van der Waals surface area contributed by atoms with Crippen molar-refractivity contribution in [2.24, 2.45) is 0 Å². The molecule has 0 unspecified atom stereocenters. The van der Waals surface area contributed by atoms with Crippen LogP contribution in [-0.4, -0.2) is 97.3 Å². The molecule has 2 aromatic rings. The van der Waals surface area contributed by atoms with Crippen LogP contribution in [0.3, 0.4) is 0 Å². The Morgan fingerprint density at radius 1 is 1.00 bits per heavy atom. The molecule has 3 rings (SSSR count). The van der Waals surface area contributed by atoms with Crippen molar-refractivity contribution in [3.63, 3.8) is 0 Å². The third-order valence-electron chi connectivity index (χ3n) is 6.00. The Kier molecular flexibility index (Phi) is 15.1. The molecule has 1 aliphatic heterocycles. The first kappa shape index (κ1) is 31.0. The number of hydrogen-bond acceptors (Lipinski definition) is 9. The monoisotopic (exact) mass is 564 g/mol. The van der Waals surface area contributed by atoms with E-state index in [1.807, 2.05) is 30.3 Å². The first-order valence-corrected chi connectivity index (χ1v) is 12.8. The summed E-state index contributed by atoms with van der Waals surface area (Å²) in [5, 5.41) is 21.6. The van der Waals surface area contributed by atoms with Gasteiger partial charge in [-0.25, -0.2) is 9.48 Å². The topological polar surface area (TPSA) is 125 Å². The van der Waals surface area contributed by atoms with Gasteiger partial charge in [0, 0.05) is 58.6 Å². The molecule has 37 heavy (non-hydrogen) atoms. The van der Waals surface area contributed by atoms with Gasteiger partial charge in [0.15, 0.2) is 0 Å². The fourth-order valence-electron chi connectivity index (χ4n) is 4.11. The zero-order chi connectivity index (χ0) is 25.4. The third kappa shape index (κ3) is 12.2.